The van der Waals surface area contributed by atoms with Crippen LogP contribution < -0.4 is 5.32 Å². The van der Waals surface area contributed by atoms with Gasteiger partial charge in [-0.05, 0) is 58.4 Å². The highest BCUT2D eigenvalue weighted by Gasteiger charge is 2.28. The molecule has 0 aromatic rings. The Labute approximate surface area is 231 Å². The van der Waals surface area contributed by atoms with Gasteiger partial charge in [-0.15, -0.1) is 11.8 Å². The molecule has 5 nitrogen and oxygen atoms in total. The van der Waals surface area contributed by atoms with E-state index in [1.807, 2.05) is 24.0 Å². The van der Waals surface area contributed by atoms with Gasteiger partial charge in [-0.1, -0.05) is 95.9 Å². The highest BCUT2D eigenvalue weighted by atomic mass is 32.2. The normalized spacial score (nSPS) is 16.1. The number of thioether (sulfide) groups is 1. The molecule has 0 bridgehead atoms. The topological polar surface area (TPSA) is 69.6 Å². The van der Waals surface area contributed by atoms with Crippen LogP contribution in [0.5, 0.6) is 0 Å². The second-order valence-corrected chi connectivity index (χ2v) is 12.8. The number of unbranched alkanes of at least 4 members (excludes halogenated alkanes) is 2. The first-order valence-corrected chi connectivity index (χ1v) is 15.4. The SMILES string of the molecule is C=C(/C=C\C(=C/C)CCN(CCCCC1CCCCC1)C(=O)NC(CC)CCCC)SC(C)(C)C(=O)O. The van der Waals surface area contributed by atoms with Gasteiger partial charge in [-0.3, -0.25) is 4.79 Å². The second-order valence-electron chi connectivity index (χ2n) is 11.0. The quantitative estimate of drug-likeness (QED) is 0.136. The van der Waals surface area contributed by atoms with Gasteiger partial charge in [0.15, 0.2) is 0 Å². The summed E-state index contributed by atoms with van der Waals surface area (Å²) in [4.78, 5) is 27.4. The first-order chi connectivity index (χ1) is 17.6. The van der Waals surface area contributed by atoms with Crippen LogP contribution in [0.15, 0.2) is 35.3 Å². The van der Waals surface area contributed by atoms with Crippen molar-refractivity contribution in [2.24, 2.45) is 5.92 Å². The maximum atomic E-state index is 13.3. The average molecular weight is 535 g/mol. The maximum absolute atomic E-state index is 13.3. The number of hydrogen-bond acceptors (Lipinski definition) is 3. The molecule has 0 aliphatic heterocycles. The maximum Gasteiger partial charge on any atom is 0.319 e. The van der Waals surface area contributed by atoms with Crippen LogP contribution in [0.2, 0.25) is 0 Å². The average Bonchev–Trinajstić information content (AvgIpc) is 2.87. The third-order valence-corrected chi connectivity index (χ3v) is 8.54. The summed E-state index contributed by atoms with van der Waals surface area (Å²) in [6, 6.07) is 0.291. The molecule has 1 saturated carbocycles. The lowest BCUT2D eigenvalue weighted by molar-refractivity contribution is -0.138. The van der Waals surface area contributed by atoms with Crippen molar-refractivity contribution in [2.75, 3.05) is 13.1 Å². The van der Waals surface area contributed by atoms with E-state index in [0.717, 1.165) is 56.6 Å². The van der Waals surface area contributed by atoms with Gasteiger partial charge in [0.1, 0.15) is 4.75 Å². The van der Waals surface area contributed by atoms with Gasteiger partial charge < -0.3 is 15.3 Å². The molecule has 0 saturated heterocycles. The van der Waals surface area contributed by atoms with Gasteiger partial charge in [0, 0.05) is 24.0 Å². The molecule has 0 aromatic heterocycles. The van der Waals surface area contributed by atoms with Crippen molar-refractivity contribution < 1.29 is 14.7 Å². The summed E-state index contributed by atoms with van der Waals surface area (Å²) in [6.45, 7) is 15.2. The van der Waals surface area contributed by atoms with Crippen molar-refractivity contribution in [3.05, 3.63) is 35.3 Å². The Kier molecular flexibility index (Phi) is 16.7. The number of nitrogens with one attached hydrogen (secondary N) is 1. The summed E-state index contributed by atoms with van der Waals surface area (Å²) in [6.07, 6.45) is 21.4. The number of allylic oxidation sites excluding steroid dienone is 3. The van der Waals surface area contributed by atoms with Crippen molar-refractivity contribution >= 4 is 23.8 Å². The van der Waals surface area contributed by atoms with Crippen LogP contribution in [-0.2, 0) is 4.79 Å². The number of nitrogens with zero attached hydrogens (tertiary/aromatic N) is 1. The third kappa shape index (κ3) is 14.2. The Morgan fingerprint density at radius 2 is 1.81 bits per heavy atom. The van der Waals surface area contributed by atoms with Gasteiger partial charge in [-0.25, -0.2) is 4.79 Å². The number of carbonyl (C=O) groups excluding carboxylic acids is 1. The fourth-order valence-electron chi connectivity index (χ4n) is 4.81. The van der Waals surface area contributed by atoms with Gasteiger partial charge >= 0.3 is 12.0 Å². The van der Waals surface area contributed by atoms with Gasteiger partial charge in [-0.2, -0.15) is 0 Å². The van der Waals surface area contributed by atoms with Crippen LogP contribution in [0.4, 0.5) is 4.79 Å². The summed E-state index contributed by atoms with van der Waals surface area (Å²) in [5, 5.41) is 12.7. The van der Waals surface area contributed by atoms with Gasteiger partial charge in [0.25, 0.3) is 0 Å². The van der Waals surface area contributed by atoms with E-state index >= 15 is 0 Å². The molecule has 0 aromatic carbocycles. The van der Waals surface area contributed by atoms with Crippen molar-refractivity contribution in [1.29, 1.82) is 0 Å². The van der Waals surface area contributed by atoms with E-state index in [4.69, 9.17) is 0 Å². The molecule has 6 heteroatoms. The van der Waals surface area contributed by atoms with Crippen LogP contribution in [0.3, 0.4) is 0 Å². The Balaban J connectivity index is 2.71. The van der Waals surface area contributed by atoms with E-state index in [9.17, 15) is 14.7 Å². The number of carboxylic acids is 1. The van der Waals surface area contributed by atoms with E-state index in [0.29, 0.717) is 11.4 Å². The lowest BCUT2D eigenvalue weighted by Crippen LogP contribution is -2.45. The minimum Gasteiger partial charge on any atom is -0.480 e. The number of carboxylic acid groups (broad SMARTS) is 1. The summed E-state index contributed by atoms with van der Waals surface area (Å²) < 4.78 is -0.919. The molecule has 37 heavy (non-hydrogen) atoms. The number of hydrogen-bond donors (Lipinski definition) is 2. The molecule has 0 heterocycles. The second kappa shape index (κ2) is 18.5. The molecule has 1 unspecified atom stereocenters. The predicted molar refractivity (Wildman–Crippen MR) is 160 cm³/mol. The fraction of sp³-hybridized carbons (Fsp3) is 0.742. The number of rotatable bonds is 18. The molecule has 1 fully saturated rings. The third-order valence-electron chi connectivity index (χ3n) is 7.45. The van der Waals surface area contributed by atoms with E-state index < -0.39 is 10.7 Å². The Bertz CT molecular complexity index is 754. The molecule has 0 spiro atoms. The number of amides is 2. The van der Waals surface area contributed by atoms with Crippen molar-refractivity contribution in [2.45, 2.75) is 129 Å². The molecule has 2 amide bonds. The van der Waals surface area contributed by atoms with E-state index in [2.05, 4.69) is 31.8 Å². The molecule has 212 valence electrons. The summed E-state index contributed by atoms with van der Waals surface area (Å²) in [5.41, 5.74) is 1.12. The Morgan fingerprint density at radius 3 is 2.41 bits per heavy atom. The molecule has 2 N–H and O–H groups in total. The molecule has 1 aliphatic rings. The fourth-order valence-corrected chi connectivity index (χ4v) is 5.69. The lowest BCUT2D eigenvalue weighted by atomic mass is 9.86. The van der Waals surface area contributed by atoms with Crippen molar-refractivity contribution in [3.8, 4) is 0 Å². The molecular weight excluding hydrogens is 480 g/mol. The first kappa shape index (κ1) is 33.3. The van der Waals surface area contributed by atoms with Crippen LogP contribution >= 0.6 is 11.8 Å². The zero-order valence-corrected chi connectivity index (χ0v) is 25.1. The molecule has 0 radical (unpaired) electrons. The van der Waals surface area contributed by atoms with Gasteiger partial charge in [0.2, 0.25) is 0 Å². The highest BCUT2D eigenvalue weighted by molar-refractivity contribution is 8.05. The molecule has 1 atom stereocenters. The summed E-state index contributed by atoms with van der Waals surface area (Å²) >= 11 is 1.25. The first-order valence-electron chi connectivity index (χ1n) is 14.6. The molecular formula is C31H54N2O3S. The molecule has 1 rings (SSSR count). The zero-order chi connectivity index (χ0) is 27.7. The highest BCUT2D eigenvalue weighted by Crippen LogP contribution is 2.32. The summed E-state index contributed by atoms with van der Waals surface area (Å²) in [5.74, 6) is 0.0270. The number of carbonyl (C=O) groups is 2. The Morgan fingerprint density at radius 1 is 1.11 bits per heavy atom. The smallest absolute Gasteiger partial charge is 0.319 e. The lowest BCUT2D eigenvalue weighted by Gasteiger charge is -2.27. The van der Waals surface area contributed by atoms with Crippen molar-refractivity contribution in [1.82, 2.24) is 10.2 Å². The molecule has 1 aliphatic carbocycles. The minimum absolute atomic E-state index is 0.0585. The van der Waals surface area contributed by atoms with Crippen LogP contribution in [0.25, 0.3) is 0 Å². The van der Waals surface area contributed by atoms with E-state index in [1.165, 1.54) is 56.7 Å². The van der Waals surface area contributed by atoms with E-state index in [1.54, 1.807) is 13.8 Å². The van der Waals surface area contributed by atoms with Crippen LogP contribution in [0.1, 0.15) is 118 Å². The van der Waals surface area contributed by atoms with Crippen LogP contribution in [-0.4, -0.2) is 45.9 Å². The number of urea groups is 1. The zero-order valence-electron chi connectivity index (χ0n) is 24.3. The van der Waals surface area contributed by atoms with E-state index in [-0.39, 0.29) is 12.1 Å². The monoisotopic (exact) mass is 534 g/mol. The largest absolute Gasteiger partial charge is 0.480 e. The summed E-state index contributed by atoms with van der Waals surface area (Å²) in [7, 11) is 0. The van der Waals surface area contributed by atoms with Gasteiger partial charge in [0.05, 0.1) is 0 Å². The van der Waals surface area contributed by atoms with Crippen molar-refractivity contribution in [3.63, 3.8) is 0 Å². The number of aliphatic carboxylic acids is 1. The Hall–Kier alpha value is -1.69. The minimum atomic E-state index is -0.919. The van der Waals surface area contributed by atoms with Crippen LogP contribution in [0, 0.1) is 5.92 Å². The standard InChI is InChI=1S/C31H54N2O3S/c1-7-10-19-28(9-3)32-30(36)33(23-15-14-18-27-16-12-11-13-17-27)24-22-26(8-2)21-20-25(4)37-31(5,6)29(34)35/h8,20-21,27-28H,4,7,9-19,22-24H2,1-3,5-6H3,(H,32,36)(H,34,35)/b21-20-,26-8+. The predicted octanol–water partition coefficient (Wildman–Crippen LogP) is 8.72.